The van der Waals surface area contributed by atoms with Gasteiger partial charge in [0.25, 0.3) is 5.56 Å². The Hall–Kier alpha value is -2.10. The Morgan fingerprint density at radius 2 is 2.05 bits per heavy atom. The molecule has 0 saturated heterocycles. The van der Waals surface area contributed by atoms with Crippen molar-refractivity contribution in [1.82, 2.24) is 10.3 Å². The lowest BCUT2D eigenvalue weighted by molar-refractivity contribution is -0.121. The summed E-state index contributed by atoms with van der Waals surface area (Å²) in [5, 5.41) is 3.96. The van der Waals surface area contributed by atoms with Gasteiger partial charge < -0.3 is 10.3 Å². The Kier molecular flexibility index (Phi) is 5.36. The zero-order chi connectivity index (χ0) is 16.1. The molecule has 22 heavy (non-hydrogen) atoms. The molecule has 2 rings (SSSR count). The summed E-state index contributed by atoms with van der Waals surface area (Å²) in [4.78, 5) is 26.2. The van der Waals surface area contributed by atoms with Crippen molar-refractivity contribution in [2.75, 3.05) is 6.54 Å². The summed E-state index contributed by atoms with van der Waals surface area (Å²) in [6, 6.07) is 7.80. The predicted molar refractivity (Wildman–Crippen MR) is 90.1 cm³/mol. The molecule has 4 nitrogen and oxygen atoms in total. The number of rotatable bonds is 6. The van der Waals surface area contributed by atoms with E-state index in [0.717, 1.165) is 29.4 Å². The Morgan fingerprint density at radius 1 is 1.27 bits per heavy atom. The summed E-state index contributed by atoms with van der Waals surface area (Å²) in [5.41, 5.74) is 2.60. The first-order valence-corrected chi connectivity index (χ1v) is 7.85. The number of benzene rings is 1. The number of amides is 1. The minimum Gasteiger partial charge on any atom is -0.356 e. The first-order chi connectivity index (χ1) is 10.5. The van der Waals surface area contributed by atoms with Gasteiger partial charge in [-0.1, -0.05) is 19.9 Å². The Bertz CT molecular complexity index is 717. The molecule has 118 valence electrons. The van der Waals surface area contributed by atoms with Crippen LogP contribution in [0.3, 0.4) is 0 Å². The number of nitrogens with one attached hydrogen (secondary N) is 2. The van der Waals surface area contributed by atoms with E-state index in [2.05, 4.69) is 24.1 Å². The maximum Gasteiger partial charge on any atom is 0.251 e. The van der Waals surface area contributed by atoms with Gasteiger partial charge in [-0.25, -0.2) is 0 Å². The summed E-state index contributed by atoms with van der Waals surface area (Å²) >= 11 is 0. The number of carbonyl (C=O) groups excluding carboxylic acids is 1. The molecule has 1 aromatic heterocycles. The van der Waals surface area contributed by atoms with Crippen molar-refractivity contribution in [2.45, 2.75) is 40.0 Å². The summed E-state index contributed by atoms with van der Waals surface area (Å²) in [5.74, 6) is 0.699. The fourth-order valence-corrected chi connectivity index (χ4v) is 2.37. The van der Waals surface area contributed by atoms with Crippen molar-refractivity contribution in [3.63, 3.8) is 0 Å². The van der Waals surface area contributed by atoms with E-state index in [1.807, 2.05) is 24.3 Å². The van der Waals surface area contributed by atoms with Crippen molar-refractivity contribution in [3.05, 3.63) is 45.7 Å². The highest BCUT2D eigenvalue weighted by molar-refractivity contribution is 5.80. The first-order valence-electron chi connectivity index (χ1n) is 7.85. The van der Waals surface area contributed by atoms with E-state index in [-0.39, 0.29) is 11.5 Å². The van der Waals surface area contributed by atoms with E-state index in [9.17, 15) is 9.59 Å². The van der Waals surface area contributed by atoms with Gasteiger partial charge in [0.1, 0.15) is 0 Å². The molecule has 2 N–H and O–H groups in total. The van der Waals surface area contributed by atoms with Crippen LogP contribution in [0.4, 0.5) is 0 Å². The van der Waals surface area contributed by atoms with Crippen LogP contribution in [-0.2, 0) is 11.2 Å². The van der Waals surface area contributed by atoms with Gasteiger partial charge in [0.15, 0.2) is 0 Å². The summed E-state index contributed by atoms with van der Waals surface area (Å²) in [7, 11) is 0. The maximum atomic E-state index is 11.8. The number of aromatic amines is 1. The summed E-state index contributed by atoms with van der Waals surface area (Å²) in [6.07, 6.45) is 2.21. The number of fused-ring (bicyclic) bond motifs is 1. The van der Waals surface area contributed by atoms with Crippen LogP contribution in [0.1, 0.15) is 37.8 Å². The molecule has 1 heterocycles. The van der Waals surface area contributed by atoms with E-state index in [0.29, 0.717) is 24.3 Å². The molecule has 0 saturated carbocycles. The second kappa shape index (κ2) is 7.25. The zero-order valence-corrected chi connectivity index (χ0v) is 13.5. The molecule has 0 aliphatic heterocycles. The highest BCUT2D eigenvalue weighted by atomic mass is 16.1. The molecule has 0 atom stereocenters. The Morgan fingerprint density at radius 3 is 2.77 bits per heavy atom. The van der Waals surface area contributed by atoms with Gasteiger partial charge in [-0.2, -0.15) is 0 Å². The third-order valence-electron chi connectivity index (χ3n) is 3.78. The molecule has 0 unspecified atom stereocenters. The van der Waals surface area contributed by atoms with E-state index in [1.165, 1.54) is 0 Å². The van der Waals surface area contributed by atoms with Gasteiger partial charge in [-0.3, -0.25) is 9.59 Å². The Labute approximate surface area is 130 Å². The second-order valence-corrected chi connectivity index (χ2v) is 6.24. The van der Waals surface area contributed by atoms with Crippen LogP contribution < -0.4 is 10.9 Å². The lowest BCUT2D eigenvalue weighted by Crippen LogP contribution is -2.25. The molecule has 0 aliphatic rings. The van der Waals surface area contributed by atoms with Crippen LogP contribution in [0.15, 0.2) is 29.1 Å². The lowest BCUT2D eigenvalue weighted by Gasteiger charge is -2.08. The zero-order valence-electron chi connectivity index (χ0n) is 13.5. The molecular weight excluding hydrogens is 276 g/mol. The minimum atomic E-state index is -0.0511. The largest absolute Gasteiger partial charge is 0.356 e. The standard InChI is InChI=1S/C18H24N2O2/c1-12(2)8-9-19-17(21)7-5-14-4-6-16-15(11-14)10-13(3)18(22)20-16/h4,6,10-12H,5,7-9H2,1-3H3,(H,19,21)(H,20,22). The quantitative estimate of drug-likeness (QED) is 0.861. The predicted octanol–water partition coefficient (Wildman–Crippen LogP) is 2.93. The van der Waals surface area contributed by atoms with Crippen molar-refractivity contribution < 1.29 is 4.79 Å². The van der Waals surface area contributed by atoms with Crippen LogP contribution in [0.2, 0.25) is 0 Å². The van der Waals surface area contributed by atoms with Crippen molar-refractivity contribution >= 4 is 16.8 Å². The number of hydrogen-bond acceptors (Lipinski definition) is 2. The van der Waals surface area contributed by atoms with Crippen molar-refractivity contribution in [3.8, 4) is 0 Å². The van der Waals surface area contributed by atoms with Gasteiger partial charge >= 0.3 is 0 Å². The van der Waals surface area contributed by atoms with Crippen molar-refractivity contribution in [2.24, 2.45) is 5.92 Å². The van der Waals surface area contributed by atoms with Crippen LogP contribution in [0, 0.1) is 12.8 Å². The molecule has 0 bridgehead atoms. The average Bonchev–Trinajstić information content (AvgIpc) is 2.46. The SMILES string of the molecule is Cc1cc2cc(CCC(=O)NCCC(C)C)ccc2[nH]c1=O. The average molecular weight is 300 g/mol. The summed E-state index contributed by atoms with van der Waals surface area (Å²) < 4.78 is 0. The molecule has 0 radical (unpaired) electrons. The number of aromatic nitrogens is 1. The third kappa shape index (κ3) is 4.45. The molecule has 0 spiro atoms. The molecule has 4 heteroatoms. The van der Waals surface area contributed by atoms with E-state index in [4.69, 9.17) is 0 Å². The number of hydrogen-bond donors (Lipinski definition) is 2. The van der Waals surface area contributed by atoms with Crippen LogP contribution >= 0.6 is 0 Å². The molecule has 0 aliphatic carbocycles. The highest BCUT2D eigenvalue weighted by Crippen LogP contribution is 2.14. The van der Waals surface area contributed by atoms with Gasteiger partial charge in [0.2, 0.25) is 5.91 Å². The van der Waals surface area contributed by atoms with Gasteiger partial charge in [0.05, 0.1) is 0 Å². The lowest BCUT2D eigenvalue weighted by atomic mass is 10.1. The minimum absolute atomic E-state index is 0.0511. The van der Waals surface area contributed by atoms with Crippen LogP contribution in [0.25, 0.3) is 10.9 Å². The normalized spacial score (nSPS) is 11.1. The highest BCUT2D eigenvalue weighted by Gasteiger charge is 2.04. The number of pyridine rings is 1. The third-order valence-corrected chi connectivity index (χ3v) is 3.78. The summed E-state index contributed by atoms with van der Waals surface area (Å²) in [6.45, 7) is 6.84. The monoisotopic (exact) mass is 300 g/mol. The van der Waals surface area contributed by atoms with Crippen LogP contribution in [-0.4, -0.2) is 17.4 Å². The van der Waals surface area contributed by atoms with Crippen LogP contribution in [0.5, 0.6) is 0 Å². The smallest absolute Gasteiger partial charge is 0.251 e. The fraction of sp³-hybridized carbons (Fsp3) is 0.444. The van der Waals surface area contributed by atoms with Crippen molar-refractivity contribution in [1.29, 1.82) is 0 Å². The molecule has 2 aromatic rings. The topological polar surface area (TPSA) is 62.0 Å². The molecule has 1 amide bonds. The van der Waals surface area contributed by atoms with Gasteiger partial charge in [0, 0.05) is 24.0 Å². The van der Waals surface area contributed by atoms with E-state index >= 15 is 0 Å². The number of aryl methyl sites for hydroxylation is 2. The van der Waals surface area contributed by atoms with E-state index in [1.54, 1.807) is 6.92 Å². The molecular formula is C18H24N2O2. The number of carbonyl (C=O) groups is 1. The first kappa shape index (κ1) is 16.3. The molecule has 1 aromatic carbocycles. The maximum absolute atomic E-state index is 11.8. The van der Waals surface area contributed by atoms with E-state index < -0.39 is 0 Å². The van der Waals surface area contributed by atoms with Gasteiger partial charge in [-0.15, -0.1) is 0 Å². The second-order valence-electron chi connectivity index (χ2n) is 6.24. The number of H-pyrrole nitrogens is 1. The van der Waals surface area contributed by atoms with Gasteiger partial charge in [-0.05, 0) is 54.8 Å². The fourth-order valence-electron chi connectivity index (χ4n) is 2.37. The Balaban J connectivity index is 1.96. The molecule has 0 fully saturated rings.